The maximum absolute atomic E-state index is 13.1. The van der Waals surface area contributed by atoms with E-state index in [4.69, 9.17) is 11.6 Å². The van der Waals surface area contributed by atoms with Gasteiger partial charge in [0, 0.05) is 17.8 Å². The van der Waals surface area contributed by atoms with Crippen LogP contribution in [0.15, 0.2) is 48.5 Å². The third-order valence-corrected chi connectivity index (χ3v) is 4.32. The molecule has 4 nitrogen and oxygen atoms in total. The van der Waals surface area contributed by atoms with Crippen LogP contribution < -0.4 is 5.32 Å². The summed E-state index contributed by atoms with van der Waals surface area (Å²) in [5.41, 5.74) is 4.59. The van der Waals surface area contributed by atoms with Crippen LogP contribution in [0.4, 0.5) is 10.1 Å². The molecule has 3 rings (SSSR count). The predicted octanol–water partition coefficient (Wildman–Crippen LogP) is 4.85. The lowest BCUT2D eigenvalue weighted by molar-refractivity contribution is -0.116. The van der Waals surface area contributed by atoms with Crippen LogP contribution in [0.25, 0.3) is 5.69 Å². The van der Waals surface area contributed by atoms with Crippen LogP contribution in [-0.2, 0) is 11.2 Å². The summed E-state index contributed by atoms with van der Waals surface area (Å²) < 4.78 is 15.0. The molecular weight excluding hydrogens is 353 g/mol. The first-order chi connectivity index (χ1) is 12.4. The first kappa shape index (κ1) is 18.1. The Kier molecular flexibility index (Phi) is 5.38. The SMILES string of the molecule is Cc1cc(C)n(-c2ccc(CCC(=O)Nc3ccc(F)c(Cl)c3)cc2)n1. The normalized spacial score (nSPS) is 10.8. The van der Waals surface area contributed by atoms with Crippen molar-refractivity contribution < 1.29 is 9.18 Å². The molecule has 0 atom stereocenters. The average Bonchev–Trinajstić information content (AvgIpc) is 2.95. The van der Waals surface area contributed by atoms with Crippen LogP contribution in [0.5, 0.6) is 0 Å². The standard InChI is InChI=1S/C20H19ClFN3O/c1-13-11-14(2)25(24-13)17-7-3-15(4-8-17)5-10-20(26)23-16-6-9-19(22)18(21)12-16/h3-4,6-9,11-12H,5,10H2,1-2H3,(H,23,26). The quantitative estimate of drug-likeness (QED) is 0.696. The van der Waals surface area contributed by atoms with Gasteiger partial charge in [-0.05, 0) is 62.2 Å². The van der Waals surface area contributed by atoms with Crippen LogP contribution >= 0.6 is 11.6 Å². The van der Waals surface area contributed by atoms with Crippen molar-refractivity contribution in [2.24, 2.45) is 0 Å². The van der Waals surface area contributed by atoms with Gasteiger partial charge in [0.15, 0.2) is 0 Å². The molecule has 0 aliphatic rings. The van der Waals surface area contributed by atoms with E-state index in [9.17, 15) is 9.18 Å². The van der Waals surface area contributed by atoms with E-state index < -0.39 is 5.82 Å². The maximum Gasteiger partial charge on any atom is 0.224 e. The molecular formula is C20H19ClFN3O. The molecule has 0 aliphatic carbocycles. The number of aromatic nitrogens is 2. The molecule has 0 saturated carbocycles. The van der Waals surface area contributed by atoms with Crippen LogP contribution in [0.3, 0.4) is 0 Å². The topological polar surface area (TPSA) is 46.9 Å². The van der Waals surface area contributed by atoms with Gasteiger partial charge in [0.25, 0.3) is 0 Å². The number of aryl methyl sites for hydroxylation is 3. The highest BCUT2D eigenvalue weighted by atomic mass is 35.5. The van der Waals surface area contributed by atoms with Crippen LogP contribution in [0, 0.1) is 19.7 Å². The molecule has 1 N–H and O–H groups in total. The molecule has 0 aliphatic heterocycles. The largest absolute Gasteiger partial charge is 0.326 e. The molecule has 0 fully saturated rings. The van der Waals surface area contributed by atoms with Crippen LogP contribution in [-0.4, -0.2) is 15.7 Å². The number of nitrogens with zero attached hydrogens (tertiary/aromatic N) is 2. The first-order valence-electron chi connectivity index (χ1n) is 8.30. The van der Waals surface area contributed by atoms with E-state index in [2.05, 4.69) is 10.4 Å². The molecule has 134 valence electrons. The van der Waals surface area contributed by atoms with E-state index in [1.165, 1.54) is 18.2 Å². The van der Waals surface area contributed by atoms with Gasteiger partial charge in [0.05, 0.1) is 16.4 Å². The Labute approximate surface area is 156 Å². The van der Waals surface area contributed by atoms with Crippen molar-refractivity contribution in [1.29, 1.82) is 0 Å². The fourth-order valence-electron chi connectivity index (χ4n) is 2.75. The lowest BCUT2D eigenvalue weighted by Crippen LogP contribution is -2.12. The lowest BCUT2D eigenvalue weighted by atomic mass is 10.1. The molecule has 0 saturated heterocycles. The number of amides is 1. The summed E-state index contributed by atoms with van der Waals surface area (Å²) in [6, 6.07) is 14.1. The van der Waals surface area contributed by atoms with E-state index in [1.54, 1.807) is 0 Å². The highest BCUT2D eigenvalue weighted by Crippen LogP contribution is 2.20. The number of anilines is 1. The minimum atomic E-state index is -0.507. The van der Waals surface area contributed by atoms with Gasteiger partial charge in [-0.25, -0.2) is 9.07 Å². The second-order valence-electron chi connectivity index (χ2n) is 6.18. The molecule has 2 aromatic carbocycles. The maximum atomic E-state index is 13.1. The monoisotopic (exact) mass is 371 g/mol. The predicted molar refractivity (Wildman–Crippen MR) is 101 cm³/mol. The van der Waals surface area contributed by atoms with Crippen molar-refractivity contribution in [1.82, 2.24) is 9.78 Å². The van der Waals surface area contributed by atoms with E-state index >= 15 is 0 Å². The molecule has 26 heavy (non-hydrogen) atoms. The van der Waals surface area contributed by atoms with Gasteiger partial charge in [-0.2, -0.15) is 5.10 Å². The Morgan fingerprint density at radius 1 is 1.15 bits per heavy atom. The average molecular weight is 372 g/mol. The molecule has 0 spiro atoms. The number of hydrogen-bond donors (Lipinski definition) is 1. The van der Waals surface area contributed by atoms with Crippen molar-refractivity contribution in [3.05, 3.63) is 76.3 Å². The number of nitrogens with one attached hydrogen (secondary N) is 1. The summed E-state index contributed by atoms with van der Waals surface area (Å²) >= 11 is 5.71. The van der Waals surface area contributed by atoms with Gasteiger partial charge in [-0.3, -0.25) is 4.79 Å². The summed E-state index contributed by atoms with van der Waals surface area (Å²) in [7, 11) is 0. The third kappa shape index (κ3) is 4.29. The first-order valence-corrected chi connectivity index (χ1v) is 8.67. The molecule has 6 heteroatoms. The van der Waals surface area contributed by atoms with E-state index in [-0.39, 0.29) is 10.9 Å². The van der Waals surface area contributed by atoms with Gasteiger partial charge in [0.1, 0.15) is 5.82 Å². The van der Waals surface area contributed by atoms with Crippen molar-refractivity contribution in [2.45, 2.75) is 26.7 Å². The van der Waals surface area contributed by atoms with Gasteiger partial charge >= 0.3 is 0 Å². The number of carbonyl (C=O) groups is 1. The number of carbonyl (C=O) groups excluding carboxylic acids is 1. The summed E-state index contributed by atoms with van der Waals surface area (Å²) in [6.07, 6.45) is 0.937. The van der Waals surface area contributed by atoms with Gasteiger partial charge in [-0.15, -0.1) is 0 Å². The molecule has 3 aromatic rings. The van der Waals surface area contributed by atoms with E-state index in [1.807, 2.05) is 48.9 Å². The number of benzene rings is 2. The molecule has 1 amide bonds. The second kappa shape index (κ2) is 7.70. The zero-order valence-corrected chi connectivity index (χ0v) is 15.3. The lowest BCUT2D eigenvalue weighted by Gasteiger charge is -2.08. The zero-order valence-electron chi connectivity index (χ0n) is 14.6. The number of hydrogen-bond acceptors (Lipinski definition) is 2. The number of rotatable bonds is 5. The van der Waals surface area contributed by atoms with Gasteiger partial charge < -0.3 is 5.32 Å². The van der Waals surface area contributed by atoms with Crippen molar-refractivity contribution >= 4 is 23.2 Å². The van der Waals surface area contributed by atoms with Crippen LogP contribution in [0.2, 0.25) is 5.02 Å². The minimum absolute atomic E-state index is 0.0115. The fourth-order valence-corrected chi connectivity index (χ4v) is 2.93. The second-order valence-corrected chi connectivity index (χ2v) is 6.59. The summed E-state index contributed by atoms with van der Waals surface area (Å²) in [6.45, 7) is 3.98. The third-order valence-electron chi connectivity index (χ3n) is 4.03. The Hall–Kier alpha value is -2.66. The van der Waals surface area contributed by atoms with Crippen molar-refractivity contribution in [3.8, 4) is 5.69 Å². The van der Waals surface area contributed by atoms with Crippen LogP contribution in [0.1, 0.15) is 23.4 Å². The van der Waals surface area contributed by atoms with E-state index in [0.717, 1.165) is 22.6 Å². The molecule has 1 aromatic heterocycles. The highest BCUT2D eigenvalue weighted by Gasteiger charge is 2.07. The van der Waals surface area contributed by atoms with Crippen molar-refractivity contribution in [3.63, 3.8) is 0 Å². The Morgan fingerprint density at radius 2 is 1.88 bits per heavy atom. The zero-order chi connectivity index (χ0) is 18.7. The molecule has 0 radical (unpaired) electrons. The smallest absolute Gasteiger partial charge is 0.224 e. The molecule has 0 unspecified atom stereocenters. The minimum Gasteiger partial charge on any atom is -0.326 e. The Balaban J connectivity index is 1.58. The van der Waals surface area contributed by atoms with E-state index in [0.29, 0.717) is 18.5 Å². The van der Waals surface area contributed by atoms with Gasteiger partial charge in [-0.1, -0.05) is 23.7 Å². The number of halogens is 2. The summed E-state index contributed by atoms with van der Waals surface area (Å²) in [5.74, 6) is -0.650. The summed E-state index contributed by atoms with van der Waals surface area (Å²) in [4.78, 5) is 12.1. The Morgan fingerprint density at radius 3 is 2.50 bits per heavy atom. The highest BCUT2D eigenvalue weighted by molar-refractivity contribution is 6.31. The fraction of sp³-hybridized carbons (Fsp3) is 0.200. The molecule has 0 bridgehead atoms. The summed E-state index contributed by atoms with van der Waals surface area (Å²) in [5, 5.41) is 7.17. The molecule has 1 heterocycles. The van der Waals surface area contributed by atoms with Gasteiger partial charge in [0.2, 0.25) is 5.91 Å². The Bertz CT molecular complexity index is 935. The van der Waals surface area contributed by atoms with Crippen molar-refractivity contribution in [2.75, 3.05) is 5.32 Å².